The molecule has 3 N–H and O–H groups in total. The lowest BCUT2D eigenvalue weighted by molar-refractivity contribution is 0.102. The van der Waals surface area contributed by atoms with Gasteiger partial charge in [-0.2, -0.15) is 0 Å². The monoisotopic (exact) mass is 328 g/mol. The Morgan fingerprint density at radius 3 is 2.12 bits per heavy atom. The summed E-state index contributed by atoms with van der Waals surface area (Å²) < 4.78 is 11.1. The summed E-state index contributed by atoms with van der Waals surface area (Å²) in [4.78, 5) is 12.3. The van der Waals surface area contributed by atoms with Gasteiger partial charge in [-0.15, -0.1) is 0 Å². The van der Waals surface area contributed by atoms with E-state index in [-0.39, 0.29) is 11.5 Å². The molecule has 2 aromatic carbocycles. The van der Waals surface area contributed by atoms with Crippen LogP contribution in [0.2, 0.25) is 0 Å². The molecule has 0 bridgehead atoms. The molecule has 0 radical (unpaired) electrons. The Morgan fingerprint density at radius 1 is 1.00 bits per heavy atom. The fraction of sp³-hybridized carbons (Fsp3) is 0.316. The number of carbonyl (C=O) groups excluding carboxylic acids is 1. The average molecular weight is 328 g/mol. The molecule has 0 spiro atoms. The van der Waals surface area contributed by atoms with E-state index in [1.54, 1.807) is 48.5 Å². The van der Waals surface area contributed by atoms with E-state index in [9.17, 15) is 4.79 Å². The Balaban J connectivity index is 1.96. The van der Waals surface area contributed by atoms with Crippen LogP contribution < -0.4 is 20.5 Å². The molecule has 5 heteroatoms. The van der Waals surface area contributed by atoms with Gasteiger partial charge in [0.15, 0.2) is 0 Å². The third kappa shape index (κ3) is 5.59. The molecule has 0 heterocycles. The molecule has 2 aromatic rings. The van der Waals surface area contributed by atoms with Gasteiger partial charge in [0.1, 0.15) is 23.7 Å². The van der Waals surface area contributed by atoms with Gasteiger partial charge in [-0.3, -0.25) is 4.79 Å². The summed E-state index contributed by atoms with van der Waals surface area (Å²) in [6, 6.07) is 14.3. The summed E-state index contributed by atoms with van der Waals surface area (Å²) in [7, 11) is 0. The Bertz CT molecular complexity index is 659. The van der Waals surface area contributed by atoms with Crippen molar-refractivity contribution in [1.29, 1.82) is 0 Å². The molecule has 0 aliphatic heterocycles. The van der Waals surface area contributed by atoms with Crippen molar-refractivity contribution in [3.8, 4) is 11.5 Å². The Morgan fingerprint density at radius 2 is 1.58 bits per heavy atom. The molecule has 0 fully saturated rings. The van der Waals surface area contributed by atoms with Gasteiger partial charge in [0.05, 0.1) is 0 Å². The molecule has 0 aliphatic carbocycles. The van der Waals surface area contributed by atoms with E-state index in [1.165, 1.54) is 0 Å². The van der Waals surface area contributed by atoms with Gasteiger partial charge in [-0.1, -0.05) is 0 Å². The molecule has 0 aliphatic rings. The third-order valence-corrected chi connectivity index (χ3v) is 3.04. The van der Waals surface area contributed by atoms with Crippen LogP contribution in [0.5, 0.6) is 11.5 Å². The molecule has 5 nitrogen and oxygen atoms in total. The minimum atomic E-state index is -0.266. The maximum atomic E-state index is 12.3. The highest BCUT2D eigenvalue weighted by Gasteiger charge is 2.12. The molecule has 0 saturated carbocycles. The Kier molecular flexibility index (Phi) is 5.82. The predicted octanol–water partition coefficient (Wildman–Crippen LogP) is 3.45. The third-order valence-electron chi connectivity index (χ3n) is 3.04. The number of nitrogens with one attached hydrogen (secondary N) is 1. The summed E-state index contributed by atoms with van der Waals surface area (Å²) in [6.45, 7) is 6.87. The number of carbonyl (C=O) groups is 1. The molecule has 0 atom stereocenters. The standard InChI is InChI=1S/C19H24N2O3/c1-19(2,3)24-17-8-4-14(5-9-17)18(22)21-15-6-10-16(11-7-15)23-13-12-20/h4-11H,12-13,20H2,1-3H3,(H,21,22). The second-order valence-corrected chi connectivity index (χ2v) is 6.35. The van der Waals surface area contributed by atoms with Gasteiger partial charge in [-0.25, -0.2) is 0 Å². The van der Waals surface area contributed by atoms with Crippen molar-refractivity contribution in [2.45, 2.75) is 26.4 Å². The number of hydrogen-bond acceptors (Lipinski definition) is 4. The molecule has 0 saturated heterocycles. The molecule has 1 amide bonds. The quantitative estimate of drug-likeness (QED) is 0.852. The largest absolute Gasteiger partial charge is 0.492 e. The fourth-order valence-electron chi connectivity index (χ4n) is 2.04. The van der Waals surface area contributed by atoms with E-state index in [0.717, 1.165) is 11.5 Å². The summed E-state index contributed by atoms with van der Waals surface area (Å²) in [5.74, 6) is 1.29. The minimum Gasteiger partial charge on any atom is -0.492 e. The molecule has 0 unspecified atom stereocenters. The van der Waals surface area contributed by atoms with E-state index in [2.05, 4.69) is 5.32 Å². The predicted molar refractivity (Wildman–Crippen MR) is 95.8 cm³/mol. The zero-order valence-corrected chi connectivity index (χ0v) is 14.3. The van der Waals surface area contributed by atoms with Gasteiger partial charge >= 0.3 is 0 Å². The Hall–Kier alpha value is -2.53. The van der Waals surface area contributed by atoms with Gasteiger partial charge in [0.25, 0.3) is 5.91 Å². The summed E-state index contributed by atoms with van der Waals surface area (Å²) in [5, 5.41) is 2.85. The molecule has 2 rings (SSSR count). The lowest BCUT2D eigenvalue weighted by Crippen LogP contribution is -2.23. The van der Waals surface area contributed by atoms with Crippen LogP contribution in [-0.2, 0) is 0 Å². The maximum absolute atomic E-state index is 12.3. The van der Waals surface area contributed by atoms with Gasteiger partial charge in [0, 0.05) is 17.8 Å². The van der Waals surface area contributed by atoms with Crippen molar-refractivity contribution < 1.29 is 14.3 Å². The average Bonchev–Trinajstić information content (AvgIpc) is 2.53. The van der Waals surface area contributed by atoms with Crippen molar-refractivity contribution in [3.63, 3.8) is 0 Å². The first kappa shape index (κ1) is 17.8. The number of amides is 1. The zero-order valence-electron chi connectivity index (χ0n) is 14.3. The second kappa shape index (κ2) is 7.84. The van der Waals surface area contributed by atoms with Gasteiger partial charge in [-0.05, 0) is 69.3 Å². The normalized spacial score (nSPS) is 11.0. The van der Waals surface area contributed by atoms with E-state index in [0.29, 0.717) is 24.4 Å². The Labute approximate surface area is 142 Å². The van der Waals surface area contributed by atoms with Gasteiger partial charge < -0.3 is 20.5 Å². The van der Waals surface area contributed by atoms with Crippen molar-refractivity contribution in [2.75, 3.05) is 18.5 Å². The van der Waals surface area contributed by atoms with E-state index >= 15 is 0 Å². The number of nitrogens with two attached hydrogens (primary N) is 1. The van der Waals surface area contributed by atoms with Crippen LogP contribution in [-0.4, -0.2) is 24.7 Å². The minimum absolute atomic E-state index is 0.173. The lowest BCUT2D eigenvalue weighted by atomic mass is 10.1. The van der Waals surface area contributed by atoms with Crippen LogP contribution in [0, 0.1) is 0 Å². The highest BCUT2D eigenvalue weighted by atomic mass is 16.5. The first-order valence-corrected chi connectivity index (χ1v) is 7.91. The van der Waals surface area contributed by atoms with E-state index in [1.807, 2.05) is 20.8 Å². The second-order valence-electron chi connectivity index (χ2n) is 6.35. The van der Waals surface area contributed by atoms with Crippen molar-refractivity contribution in [2.24, 2.45) is 5.73 Å². The topological polar surface area (TPSA) is 73.6 Å². The smallest absolute Gasteiger partial charge is 0.255 e. The molecule has 128 valence electrons. The van der Waals surface area contributed by atoms with Crippen molar-refractivity contribution in [1.82, 2.24) is 0 Å². The van der Waals surface area contributed by atoms with Crippen LogP contribution >= 0.6 is 0 Å². The van der Waals surface area contributed by atoms with Crippen LogP contribution in [0.3, 0.4) is 0 Å². The van der Waals surface area contributed by atoms with Crippen LogP contribution in [0.15, 0.2) is 48.5 Å². The highest BCUT2D eigenvalue weighted by Crippen LogP contribution is 2.20. The van der Waals surface area contributed by atoms with Crippen molar-refractivity contribution in [3.05, 3.63) is 54.1 Å². The molecule has 24 heavy (non-hydrogen) atoms. The number of benzene rings is 2. The molecular weight excluding hydrogens is 304 g/mol. The summed E-state index contributed by atoms with van der Waals surface area (Å²) in [5.41, 5.74) is 6.40. The first-order valence-electron chi connectivity index (χ1n) is 7.91. The van der Waals surface area contributed by atoms with Crippen LogP contribution in [0.4, 0.5) is 5.69 Å². The fourth-order valence-corrected chi connectivity index (χ4v) is 2.04. The summed E-state index contributed by atoms with van der Waals surface area (Å²) >= 11 is 0. The van der Waals surface area contributed by atoms with Crippen LogP contribution in [0.25, 0.3) is 0 Å². The number of hydrogen-bond donors (Lipinski definition) is 2. The number of anilines is 1. The van der Waals surface area contributed by atoms with Crippen LogP contribution in [0.1, 0.15) is 31.1 Å². The number of ether oxygens (including phenoxy) is 2. The first-order chi connectivity index (χ1) is 11.4. The zero-order chi connectivity index (χ0) is 17.6. The highest BCUT2D eigenvalue weighted by molar-refractivity contribution is 6.04. The molecule has 0 aromatic heterocycles. The van der Waals surface area contributed by atoms with Crippen molar-refractivity contribution >= 4 is 11.6 Å². The summed E-state index contributed by atoms with van der Waals surface area (Å²) in [6.07, 6.45) is 0. The van der Waals surface area contributed by atoms with E-state index in [4.69, 9.17) is 15.2 Å². The van der Waals surface area contributed by atoms with Gasteiger partial charge in [0.2, 0.25) is 0 Å². The lowest BCUT2D eigenvalue weighted by Gasteiger charge is -2.21. The van der Waals surface area contributed by atoms with E-state index < -0.39 is 0 Å². The molecular formula is C19H24N2O3. The SMILES string of the molecule is CC(C)(C)Oc1ccc(C(=O)Nc2ccc(OCCN)cc2)cc1. The maximum Gasteiger partial charge on any atom is 0.255 e. The number of rotatable bonds is 6.